The zero-order valence-electron chi connectivity index (χ0n) is 49.1. The molecule has 12 aliphatic rings. The van der Waals surface area contributed by atoms with Gasteiger partial charge in [0.2, 0.25) is 11.8 Å². The highest BCUT2D eigenvalue weighted by atomic mass is 16.6. The first kappa shape index (κ1) is 52.7. The third kappa shape index (κ3) is 5.63. The van der Waals surface area contributed by atoms with Crippen molar-refractivity contribution in [3.05, 3.63) is 119 Å². The molecule has 85 heavy (non-hydrogen) atoms. The van der Waals surface area contributed by atoms with E-state index in [9.17, 15) is 10.5 Å². The normalized spacial score (nSPS) is 41.4. The lowest BCUT2D eigenvalue weighted by Gasteiger charge is -2.74. The van der Waals surface area contributed by atoms with Crippen LogP contribution in [0.5, 0.6) is 17.2 Å². The Morgan fingerprint density at radius 3 is 1.42 bits per heavy atom. The summed E-state index contributed by atoms with van der Waals surface area (Å²) < 4.78 is 61.0. The van der Waals surface area contributed by atoms with Crippen LogP contribution in [0.15, 0.2) is 108 Å². The van der Waals surface area contributed by atoms with E-state index in [0.29, 0.717) is 37.9 Å². The van der Waals surface area contributed by atoms with Gasteiger partial charge >= 0.3 is 0 Å². The number of hydrogen-bond donors (Lipinski definition) is 0. The van der Waals surface area contributed by atoms with Gasteiger partial charge in [0.15, 0.2) is 0 Å². The molecule has 5 aromatic rings. The van der Waals surface area contributed by atoms with Crippen molar-refractivity contribution < 1.29 is 52.2 Å². The van der Waals surface area contributed by atoms with Gasteiger partial charge in [-0.2, -0.15) is 10.5 Å². The van der Waals surface area contributed by atoms with E-state index in [2.05, 4.69) is 72.8 Å². The molecule has 17 rings (SSSR count). The third-order valence-corrected chi connectivity index (χ3v) is 25.8. The van der Waals surface area contributed by atoms with Crippen LogP contribution in [0.1, 0.15) is 48.6 Å². The van der Waals surface area contributed by atoms with E-state index in [1.807, 2.05) is 50.6 Å². The smallest absolute Gasteiger partial charge is 0.246 e. The maximum Gasteiger partial charge on any atom is 0.246 e. The topological polar surface area (TPSA) is 168 Å². The molecule has 11 fully saturated rings. The van der Waals surface area contributed by atoms with E-state index in [4.69, 9.17) is 42.6 Å². The van der Waals surface area contributed by atoms with Gasteiger partial charge in [0, 0.05) is 75.1 Å². The molecule has 0 spiro atoms. The average molecular weight is 1140 g/mol. The monoisotopic (exact) mass is 1140 g/mol. The van der Waals surface area contributed by atoms with E-state index in [1.165, 1.54) is 11.1 Å². The summed E-state index contributed by atoms with van der Waals surface area (Å²) in [5, 5.41) is 22.9. The molecule has 436 valence electrons. The molecule has 5 heterocycles. The number of methoxy groups -OCH3 is 7. The molecular formula is C71H71N3O11. The number of ether oxygens (including phenoxy) is 9. The zero-order valence-corrected chi connectivity index (χ0v) is 49.1. The fourth-order valence-corrected chi connectivity index (χ4v) is 24.4. The molecule has 0 aromatic heterocycles. The molecule has 0 N–H and O–H groups in total. The van der Waals surface area contributed by atoms with Crippen molar-refractivity contribution in [1.82, 2.24) is 0 Å². The van der Waals surface area contributed by atoms with E-state index >= 15 is 9.59 Å². The molecule has 22 atom stereocenters. The Morgan fingerprint density at radius 2 is 1.01 bits per heavy atom. The number of nitriles is 2. The van der Waals surface area contributed by atoms with Crippen molar-refractivity contribution in [2.45, 2.75) is 61.9 Å². The molecule has 14 heteroatoms. The van der Waals surface area contributed by atoms with Gasteiger partial charge in [0.05, 0.1) is 64.6 Å². The number of benzene rings is 5. The Morgan fingerprint density at radius 1 is 0.553 bits per heavy atom. The van der Waals surface area contributed by atoms with Crippen LogP contribution in [0.3, 0.4) is 0 Å². The van der Waals surface area contributed by atoms with Crippen molar-refractivity contribution in [2.75, 3.05) is 81.1 Å². The highest BCUT2D eigenvalue weighted by molar-refractivity contribution is 6.27. The second-order valence-corrected chi connectivity index (χ2v) is 27.2. The highest BCUT2D eigenvalue weighted by Crippen LogP contribution is 2.94. The van der Waals surface area contributed by atoms with Crippen LogP contribution in [-0.4, -0.2) is 112 Å². The molecular weight excluding hydrogens is 1070 g/mol. The molecule has 6 saturated carbocycles. The van der Waals surface area contributed by atoms with E-state index in [1.54, 1.807) is 40.4 Å². The Balaban J connectivity index is 0.926. The maximum absolute atomic E-state index is 17.2. The lowest BCUT2D eigenvalue weighted by atomic mass is 9.26. The van der Waals surface area contributed by atoms with Crippen LogP contribution in [0, 0.1) is 115 Å². The van der Waals surface area contributed by atoms with Crippen LogP contribution in [0.25, 0.3) is 33.0 Å². The van der Waals surface area contributed by atoms with E-state index in [-0.39, 0.29) is 100 Å². The lowest BCUT2D eigenvalue weighted by Crippen LogP contribution is -2.80. The van der Waals surface area contributed by atoms with Gasteiger partial charge in [-0.15, -0.1) is 0 Å². The number of anilines is 1. The first-order valence-electron chi connectivity index (χ1n) is 30.8. The van der Waals surface area contributed by atoms with E-state index in [0.717, 1.165) is 75.8 Å². The molecule has 5 aromatic carbocycles. The predicted octanol–water partition coefficient (Wildman–Crippen LogP) is 10.4. The maximum atomic E-state index is 17.2. The van der Waals surface area contributed by atoms with Crippen molar-refractivity contribution >= 4 is 28.3 Å². The quantitative estimate of drug-likeness (QED) is 0.0446. The van der Waals surface area contributed by atoms with Gasteiger partial charge in [-0.05, 0) is 172 Å². The first-order chi connectivity index (χ1) is 41.6. The Bertz CT molecular complexity index is 3590. The summed E-state index contributed by atoms with van der Waals surface area (Å²) in [6, 6.07) is 37.5. The molecule has 22 unspecified atom stereocenters. The van der Waals surface area contributed by atoms with Crippen molar-refractivity contribution in [1.29, 1.82) is 10.5 Å². The molecule has 2 amide bonds. The minimum atomic E-state index is -1.43. The number of hydrogen-bond acceptors (Lipinski definition) is 13. The average Bonchev–Trinajstić information content (AvgIpc) is 1.42. The molecule has 7 aliphatic carbocycles. The van der Waals surface area contributed by atoms with E-state index < -0.39 is 46.1 Å². The second-order valence-electron chi connectivity index (χ2n) is 27.2. The fourth-order valence-electron chi connectivity index (χ4n) is 24.4. The predicted molar refractivity (Wildman–Crippen MR) is 312 cm³/mol. The van der Waals surface area contributed by atoms with Crippen LogP contribution in [0.4, 0.5) is 5.69 Å². The van der Waals surface area contributed by atoms with Crippen LogP contribution in [0.2, 0.25) is 0 Å². The highest BCUT2D eigenvalue weighted by Gasteiger charge is 3.02. The Hall–Kier alpha value is -6.62. The number of allylic oxidation sites excluding steroid dienone is 2. The molecule has 5 saturated heterocycles. The standard InChI is InChI=1S/C71H71N3O11/c1-77-30-43-41-26-42(53-40-23-22-39(52(41)53)49(40)36(28-72)29-73)44(31-78-2)55-54(43)62-70-64-60-61(65(85-64)71(70,63(55)84-62)67(76)74(66(70)75)37-18-20-38(81-5)21-19-37)69(33-80-4)46-27-45(68(60,69)32-79-3)56-50(34-14-10-8-11-15-34)58-47(82-6)24-25-48(83-7)59(58)51(57(46)56)35-16-12-9-13-17-35/h8-21,24-25,39-46,52-55,60-65H,22-23,26-27,30-33H2,1-7H3. The summed E-state index contributed by atoms with van der Waals surface area (Å²) in [6.45, 7) is 1.65. The van der Waals surface area contributed by atoms with Crippen LogP contribution < -0.4 is 19.1 Å². The summed E-state index contributed by atoms with van der Waals surface area (Å²) in [5.41, 5.74) is 4.56. The third-order valence-electron chi connectivity index (χ3n) is 25.8. The summed E-state index contributed by atoms with van der Waals surface area (Å²) in [6.07, 6.45) is 0.800. The molecule has 5 aliphatic heterocycles. The largest absolute Gasteiger partial charge is 0.497 e. The minimum absolute atomic E-state index is 0.0563. The second kappa shape index (κ2) is 18.2. The molecule has 10 bridgehead atoms. The summed E-state index contributed by atoms with van der Waals surface area (Å²) in [4.78, 5) is 36.0. The van der Waals surface area contributed by atoms with Gasteiger partial charge in [0.1, 0.15) is 45.8 Å². The number of carbonyl (C=O) groups is 2. The van der Waals surface area contributed by atoms with Gasteiger partial charge in [-0.1, -0.05) is 60.7 Å². The number of nitrogens with zero attached hydrogens (tertiary/aromatic N) is 3. The summed E-state index contributed by atoms with van der Waals surface area (Å²) in [7, 11) is 12.3. The lowest BCUT2D eigenvalue weighted by molar-refractivity contribution is -0.279. The fraction of sp³-hybridized carbons (Fsp3) is 0.521. The summed E-state index contributed by atoms with van der Waals surface area (Å²) in [5.74, 6) is 1.46. The minimum Gasteiger partial charge on any atom is -0.497 e. The van der Waals surface area contributed by atoms with Crippen molar-refractivity contribution in [3.63, 3.8) is 0 Å². The van der Waals surface area contributed by atoms with Gasteiger partial charge in [0.25, 0.3) is 0 Å². The van der Waals surface area contributed by atoms with Gasteiger partial charge < -0.3 is 42.6 Å². The van der Waals surface area contributed by atoms with Crippen LogP contribution in [-0.2, 0) is 38.0 Å². The molecule has 0 radical (unpaired) electrons. The van der Waals surface area contributed by atoms with Crippen molar-refractivity contribution in [3.8, 4) is 51.6 Å². The SMILES string of the molecule is COCC1C2CC(C(COC)C3C1C1OC3C34C(=O)N(c5ccc(OC)cc5)C(=O)C13C1OC4C3C1C1(COC)C4CC(c5c4c(-c4ccccc4)c4c(OC)ccc(OC)c4c5-c4ccccc4)C31COC)C1C3CCC(C3=C(C#N)C#N)C21. The van der Waals surface area contributed by atoms with Gasteiger partial charge in [-0.25, -0.2) is 4.90 Å². The number of amides is 2. The van der Waals surface area contributed by atoms with Gasteiger partial charge in [-0.3, -0.25) is 9.59 Å². The zero-order chi connectivity index (χ0) is 58.0. The number of imide groups is 1. The number of carbonyl (C=O) groups excluding carboxylic acids is 2. The Labute approximate surface area is 495 Å². The summed E-state index contributed by atoms with van der Waals surface area (Å²) >= 11 is 0. The number of fused-ring (bicyclic) bond motifs is 30. The number of rotatable bonds is 14. The first-order valence-corrected chi connectivity index (χ1v) is 30.8. The Kier molecular flexibility index (Phi) is 11.3. The van der Waals surface area contributed by atoms with Crippen molar-refractivity contribution in [2.24, 2.45) is 92.7 Å². The molecule has 14 nitrogen and oxygen atoms in total. The van der Waals surface area contributed by atoms with Crippen LogP contribution >= 0.6 is 0 Å².